The number of aryl methyl sites for hydroxylation is 2. The van der Waals surface area contributed by atoms with Gasteiger partial charge in [-0.05, 0) is 62.5 Å². The predicted molar refractivity (Wildman–Crippen MR) is 68.2 cm³/mol. The third-order valence-corrected chi connectivity index (χ3v) is 4.38. The Balaban J connectivity index is 2.07. The van der Waals surface area contributed by atoms with E-state index in [9.17, 15) is 0 Å². The standard InChI is InChI=1S/C14H20N2/c1-10-7-12-13(8-11(10)2)16-9-14(12)3-5-15-6-4-14/h7-8,15-16H,3-6,9H2,1-2H3. The summed E-state index contributed by atoms with van der Waals surface area (Å²) in [5, 5.41) is 7.07. The van der Waals surface area contributed by atoms with Crippen LogP contribution in [0.15, 0.2) is 12.1 Å². The van der Waals surface area contributed by atoms with Gasteiger partial charge in [-0.15, -0.1) is 0 Å². The molecule has 1 spiro atoms. The largest absolute Gasteiger partial charge is 0.384 e. The predicted octanol–water partition coefficient (Wildman–Crippen LogP) is 2.35. The van der Waals surface area contributed by atoms with Crippen molar-refractivity contribution in [2.24, 2.45) is 0 Å². The molecule has 2 N–H and O–H groups in total. The average molecular weight is 216 g/mol. The smallest absolute Gasteiger partial charge is 0.0382 e. The summed E-state index contributed by atoms with van der Waals surface area (Å²) < 4.78 is 0. The van der Waals surface area contributed by atoms with Gasteiger partial charge in [0.2, 0.25) is 0 Å². The van der Waals surface area contributed by atoms with Crippen LogP contribution in [0, 0.1) is 13.8 Å². The Bertz CT molecular complexity index is 417. The van der Waals surface area contributed by atoms with Crippen LogP contribution < -0.4 is 10.6 Å². The summed E-state index contributed by atoms with van der Waals surface area (Å²) in [7, 11) is 0. The fourth-order valence-electron chi connectivity index (χ4n) is 3.11. The van der Waals surface area contributed by atoms with Gasteiger partial charge in [0, 0.05) is 17.6 Å². The molecule has 0 aromatic heterocycles. The number of rotatable bonds is 0. The van der Waals surface area contributed by atoms with Crippen LogP contribution in [0.1, 0.15) is 29.5 Å². The summed E-state index contributed by atoms with van der Waals surface area (Å²) in [6, 6.07) is 4.73. The van der Waals surface area contributed by atoms with Gasteiger partial charge in [0.15, 0.2) is 0 Å². The van der Waals surface area contributed by atoms with Gasteiger partial charge in [0.05, 0.1) is 0 Å². The first-order valence-corrected chi connectivity index (χ1v) is 6.28. The molecule has 1 aromatic rings. The Morgan fingerprint density at radius 3 is 2.50 bits per heavy atom. The Labute approximate surface area is 97.4 Å². The molecule has 0 unspecified atom stereocenters. The molecule has 0 aliphatic carbocycles. The maximum absolute atomic E-state index is 3.60. The summed E-state index contributed by atoms with van der Waals surface area (Å²) in [6.45, 7) is 7.88. The molecule has 0 bridgehead atoms. The molecule has 1 fully saturated rings. The van der Waals surface area contributed by atoms with Gasteiger partial charge in [0.1, 0.15) is 0 Å². The highest BCUT2D eigenvalue weighted by Gasteiger charge is 2.39. The van der Waals surface area contributed by atoms with Gasteiger partial charge in [0.25, 0.3) is 0 Å². The molecule has 1 aromatic carbocycles. The molecule has 1 saturated heterocycles. The lowest BCUT2D eigenvalue weighted by molar-refractivity contribution is 0.335. The zero-order valence-corrected chi connectivity index (χ0v) is 10.2. The zero-order valence-electron chi connectivity index (χ0n) is 10.2. The molecule has 86 valence electrons. The van der Waals surface area contributed by atoms with Crippen molar-refractivity contribution in [1.29, 1.82) is 0 Å². The Morgan fingerprint density at radius 2 is 1.75 bits per heavy atom. The van der Waals surface area contributed by atoms with E-state index in [2.05, 4.69) is 36.6 Å². The molecule has 3 rings (SSSR count). The average Bonchev–Trinajstić information content (AvgIpc) is 2.60. The van der Waals surface area contributed by atoms with Crippen molar-refractivity contribution in [3.63, 3.8) is 0 Å². The lowest BCUT2D eigenvalue weighted by Crippen LogP contribution is -2.41. The topological polar surface area (TPSA) is 24.1 Å². The number of benzene rings is 1. The van der Waals surface area contributed by atoms with E-state index in [-0.39, 0.29) is 0 Å². The van der Waals surface area contributed by atoms with Gasteiger partial charge < -0.3 is 10.6 Å². The molecule has 0 amide bonds. The lowest BCUT2D eigenvalue weighted by atomic mass is 9.74. The summed E-state index contributed by atoms with van der Waals surface area (Å²) in [5.41, 5.74) is 6.19. The van der Waals surface area contributed by atoms with Crippen LogP contribution in [0.4, 0.5) is 5.69 Å². The van der Waals surface area contributed by atoms with E-state index in [0.29, 0.717) is 5.41 Å². The van der Waals surface area contributed by atoms with E-state index in [1.807, 2.05) is 0 Å². The van der Waals surface area contributed by atoms with Crippen molar-refractivity contribution >= 4 is 5.69 Å². The number of hydrogen-bond acceptors (Lipinski definition) is 2. The minimum atomic E-state index is 0.416. The Morgan fingerprint density at radius 1 is 1.06 bits per heavy atom. The maximum atomic E-state index is 3.60. The van der Waals surface area contributed by atoms with E-state index in [1.165, 1.54) is 29.7 Å². The lowest BCUT2D eigenvalue weighted by Gasteiger charge is -2.34. The number of nitrogens with one attached hydrogen (secondary N) is 2. The summed E-state index contributed by atoms with van der Waals surface area (Å²) in [6.07, 6.45) is 2.55. The van der Waals surface area contributed by atoms with Crippen molar-refractivity contribution in [2.45, 2.75) is 32.1 Å². The van der Waals surface area contributed by atoms with Crippen LogP contribution in [0.5, 0.6) is 0 Å². The molecule has 0 radical (unpaired) electrons. The zero-order chi connectivity index (χ0) is 11.2. The third-order valence-electron chi connectivity index (χ3n) is 4.38. The van der Waals surface area contributed by atoms with Crippen molar-refractivity contribution < 1.29 is 0 Å². The van der Waals surface area contributed by atoms with E-state index in [4.69, 9.17) is 0 Å². The molecule has 2 heterocycles. The van der Waals surface area contributed by atoms with Gasteiger partial charge in [-0.3, -0.25) is 0 Å². The molecule has 2 aliphatic rings. The third kappa shape index (κ3) is 1.36. The molecule has 2 nitrogen and oxygen atoms in total. The van der Waals surface area contributed by atoms with Crippen molar-refractivity contribution in [1.82, 2.24) is 5.32 Å². The maximum Gasteiger partial charge on any atom is 0.0382 e. The van der Waals surface area contributed by atoms with E-state index < -0.39 is 0 Å². The Kier molecular flexibility index (Phi) is 2.21. The fraction of sp³-hybridized carbons (Fsp3) is 0.571. The van der Waals surface area contributed by atoms with Crippen molar-refractivity contribution in [3.8, 4) is 0 Å². The van der Waals surface area contributed by atoms with Crippen LogP contribution >= 0.6 is 0 Å². The molecule has 0 atom stereocenters. The summed E-state index contributed by atoms with van der Waals surface area (Å²) in [4.78, 5) is 0. The van der Waals surface area contributed by atoms with Crippen LogP contribution in [-0.4, -0.2) is 19.6 Å². The Hall–Kier alpha value is -1.02. The van der Waals surface area contributed by atoms with Crippen LogP contribution in [0.25, 0.3) is 0 Å². The first kappa shape index (κ1) is 10.2. The summed E-state index contributed by atoms with van der Waals surface area (Å²) in [5.74, 6) is 0. The van der Waals surface area contributed by atoms with Gasteiger partial charge in [-0.1, -0.05) is 6.07 Å². The number of anilines is 1. The second-order valence-electron chi connectivity index (χ2n) is 5.37. The first-order valence-electron chi connectivity index (χ1n) is 6.28. The van der Waals surface area contributed by atoms with Crippen LogP contribution in [0.2, 0.25) is 0 Å². The van der Waals surface area contributed by atoms with E-state index in [0.717, 1.165) is 19.6 Å². The quantitative estimate of drug-likeness (QED) is 0.695. The van der Waals surface area contributed by atoms with E-state index in [1.54, 1.807) is 5.56 Å². The summed E-state index contributed by atoms with van der Waals surface area (Å²) >= 11 is 0. The highest BCUT2D eigenvalue weighted by Crippen LogP contribution is 2.43. The van der Waals surface area contributed by atoms with E-state index >= 15 is 0 Å². The monoisotopic (exact) mass is 216 g/mol. The van der Waals surface area contributed by atoms with Crippen LogP contribution in [-0.2, 0) is 5.41 Å². The molecular weight excluding hydrogens is 196 g/mol. The number of fused-ring (bicyclic) bond motifs is 2. The first-order chi connectivity index (χ1) is 7.71. The van der Waals surface area contributed by atoms with Crippen molar-refractivity contribution in [2.75, 3.05) is 25.0 Å². The fourth-order valence-corrected chi connectivity index (χ4v) is 3.11. The highest BCUT2D eigenvalue weighted by molar-refractivity contribution is 5.63. The van der Waals surface area contributed by atoms with Crippen molar-refractivity contribution in [3.05, 3.63) is 28.8 Å². The van der Waals surface area contributed by atoms with Gasteiger partial charge >= 0.3 is 0 Å². The molecule has 0 saturated carbocycles. The second kappa shape index (κ2) is 3.49. The SMILES string of the molecule is Cc1cc2c(cc1C)C1(CCNCC1)CN2. The highest BCUT2D eigenvalue weighted by atomic mass is 15.0. The number of piperidine rings is 1. The van der Waals surface area contributed by atoms with Gasteiger partial charge in [-0.25, -0.2) is 0 Å². The number of hydrogen-bond donors (Lipinski definition) is 2. The van der Waals surface area contributed by atoms with Crippen LogP contribution in [0.3, 0.4) is 0 Å². The second-order valence-corrected chi connectivity index (χ2v) is 5.37. The molecule has 16 heavy (non-hydrogen) atoms. The van der Waals surface area contributed by atoms with Gasteiger partial charge in [-0.2, -0.15) is 0 Å². The minimum absolute atomic E-state index is 0.416. The molecule has 2 heteroatoms. The molecule has 2 aliphatic heterocycles. The molecular formula is C14H20N2. The normalized spacial score (nSPS) is 21.9. The minimum Gasteiger partial charge on any atom is -0.384 e.